The van der Waals surface area contributed by atoms with Gasteiger partial charge in [-0.25, -0.2) is 0 Å². The molecule has 3 heteroatoms. The second-order valence-electron chi connectivity index (χ2n) is 5.61. The number of rotatable bonds is 7. The van der Waals surface area contributed by atoms with Crippen LogP contribution < -0.4 is 0 Å². The average Bonchev–Trinajstić information content (AvgIpc) is 3.29. The highest BCUT2D eigenvalue weighted by molar-refractivity contribution is 6.18. The first-order chi connectivity index (χ1) is 9.69. The third-order valence-electron chi connectivity index (χ3n) is 4.46. The van der Waals surface area contributed by atoms with Crippen molar-refractivity contribution >= 4 is 17.5 Å². The molecule has 110 valence electrons. The number of alkyl halides is 1. The van der Waals surface area contributed by atoms with Gasteiger partial charge in [0.1, 0.15) is 0 Å². The van der Waals surface area contributed by atoms with Crippen molar-refractivity contribution in [1.29, 1.82) is 0 Å². The number of benzene rings is 1. The van der Waals surface area contributed by atoms with Crippen molar-refractivity contribution in [1.82, 2.24) is 4.90 Å². The molecule has 1 amide bonds. The Labute approximate surface area is 127 Å². The predicted octanol–water partition coefficient (Wildman–Crippen LogP) is 3.97. The van der Waals surface area contributed by atoms with Crippen LogP contribution in [0.25, 0.3) is 0 Å². The summed E-state index contributed by atoms with van der Waals surface area (Å²) in [6.07, 6.45) is 3.91. The molecule has 0 atom stereocenters. The largest absolute Gasteiger partial charge is 0.338 e. The van der Waals surface area contributed by atoms with Gasteiger partial charge in [0.15, 0.2) is 0 Å². The highest BCUT2D eigenvalue weighted by Gasteiger charge is 2.53. The molecule has 1 aromatic carbocycles. The number of nitrogens with zero attached hydrogens (tertiary/aromatic N) is 1. The molecule has 1 fully saturated rings. The SMILES string of the molecule is CCC(CC)N(CCCl)C(=O)C1(c2ccccc2)CC1. The van der Waals surface area contributed by atoms with Crippen LogP contribution in [0.5, 0.6) is 0 Å². The first-order valence-corrected chi connectivity index (χ1v) is 8.15. The van der Waals surface area contributed by atoms with Crippen LogP contribution in [0.4, 0.5) is 0 Å². The first kappa shape index (κ1) is 15.4. The van der Waals surface area contributed by atoms with E-state index in [2.05, 4.69) is 26.0 Å². The predicted molar refractivity (Wildman–Crippen MR) is 84.2 cm³/mol. The summed E-state index contributed by atoms with van der Waals surface area (Å²) in [5.74, 6) is 0.783. The van der Waals surface area contributed by atoms with E-state index in [0.717, 1.165) is 31.2 Å². The topological polar surface area (TPSA) is 20.3 Å². The number of hydrogen-bond acceptors (Lipinski definition) is 1. The van der Waals surface area contributed by atoms with Gasteiger partial charge >= 0.3 is 0 Å². The normalized spacial score (nSPS) is 16.2. The van der Waals surface area contributed by atoms with Crippen LogP contribution in [0.1, 0.15) is 45.1 Å². The zero-order valence-corrected chi connectivity index (χ0v) is 13.2. The van der Waals surface area contributed by atoms with Gasteiger partial charge in [-0.3, -0.25) is 4.79 Å². The van der Waals surface area contributed by atoms with Crippen molar-refractivity contribution < 1.29 is 4.79 Å². The van der Waals surface area contributed by atoms with Crippen LogP contribution in [0.15, 0.2) is 30.3 Å². The standard InChI is InChI=1S/C17H24ClNO/c1-3-15(4-2)19(13-12-18)16(20)17(10-11-17)14-8-6-5-7-9-14/h5-9,15H,3-4,10-13H2,1-2H3. The number of amides is 1. The van der Waals surface area contributed by atoms with Gasteiger partial charge in [-0.15, -0.1) is 11.6 Å². The Morgan fingerprint density at radius 1 is 1.25 bits per heavy atom. The molecule has 0 radical (unpaired) electrons. The van der Waals surface area contributed by atoms with Crippen molar-refractivity contribution in [2.75, 3.05) is 12.4 Å². The Bertz CT molecular complexity index is 438. The first-order valence-electron chi connectivity index (χ1n) is 7.62. The molecule has 1 aliphatic carbocycles. The van der Waals surface area contributed by atoms with Gasteiger partial charge in [0.25, 0.3) is 0 Å². The molecule has 0 aliphatic heterocycles. The molecule has 0 saturated heterocycles. The third kappa shape index (κ3) is 2.85. The molecule has 0 aromatic heterocycles. The number of carbonyl (C=O) groups excluding carboxylic acids is 1. The molecule has 0 N–H and O–H groups in total. The maximum absolute atomic E-state index is 13.0. The summed E-state index contributed by atoms with van der Waals surface area (Å²) in [4.78, 5) is 15.1. The number of halogens is 1. The lowest BCUT2D eigenvalue weighted by Gasteiger charge is -2.33. The highest BCUT2D eigenvalue weighted by atomic mass is 35.5. The monoisotopic (exact) mass is 293 g/mol. The van der Waals surface area contributed by atoms with Crippen molar-refractivity contribution in [3.05, 3.63) is 35.9 Å². The summed E-state index contributed by atoms with van der Waals surface area (Å²) in [5, 5.41) is 0. The summed E-state index contributed by atoms with van der Waals surface area (Å²) < 4.78 is 0. The molecule has 0 heterocycles. The Hall–Kier alpha value is -1.02. The van der Waals surface area contributed by atoms with Gasteiger partial charge in [0.05, 0.1) is 5.41 Å². The summed E-state index contributed by atoms with van der Waals surface area (Å²) in [6.45, 7) is 4.94. The van der Waals surface area contributed by atoms with E-state index >= 15 is 0 Å². The van der Waals surface area contributed by atoms with Gasteiger partial charge in [-0.2, -0.15) is 0 Å². The molecule has 2 nitrogen and oxygen atoms in total. The zero-order valence-electron chi connectivity index (χ0n) is 12.4. The molecule has 2 rings (SSSR count). The summed E-state index contributed by atoms with van der Waals surface area (Å²) in [7, 11) is 0. The number of carbonyl (C=O) groups is 1. The van der Waals surface area contributed by atoms with Crippen LogP contribution in [0.3, 0.4) is 0 Å². The molecule has 1 saturated carbocycles. The van der Waals surface area contributed by atoms with Crippen molar-refractivity contribution in [3.8, 4) is 0 Å². The fourth-order valence-corrected chi connectivity index (χ4v) is 3.24. The molecular weight excluding hydrogens is 270 g/mol. The van der Waals surface area contributed by atoms with E-state index < -0.39 is 0 Å². The maximum Gasteiger partial charge on any atom is 0.233 e. The fourth-order valence-electron chi connectivity index (χ4n) is 3.05. The number of hydrogen-bond donors (Lipinski definition) is 0. The lowest BCUT2D eigenvalue weighted by molar-refractivity contribution is -0.136. The second-order valence-corrected chi connectivity index (χ2v) is 5.98. The molecule has 20 heavy (non-hydrogen) atoms. The fraction of sp³-hybridized carbons (Fsp3) is 0.588. The van der Waals surface area contributed by atoms with E-state index in [4.69, 9.17) is 11.6 Å². The minimum Gasteiger partial charge on any atom is -0.338 e. The van der Waals surface area contributed by atoms with E-state index in [1.54, 1.807) is 0 Å². The average molecular weight is 294 g/mol. The van der Waals surface area contributed by atoms with E-state index in [1.807, 2.05) is 23.1 Å². The van der Waals surface area contributed by atoms with Gasteiger partial charge in [0, 0.05) is 18.5 Å². The van der Waals surface area contributed by atoms with E-state index in [9.17, 15) is 4.79 Å². The van der Waals surface area contributed by atoms with Crippen LogP contribution in [0.2, 0.25) is 0 Å². The van der Waals surface area contributed by atoms with E-state index in [0.29, 0.717) is 18.5 Å². The Kier molecular flexibility index (Phi) is 5.09. The molecule has 0 unspecified atom stereocenters. The third-order valence-corrected chi connectivity index (χ3v) is 4.62. The van der Waals surface area contributed by atoms with Gasteiger partial charge in [-0.05, 0) is 31.2 Å². The van der Waals surface area contributed by atoms with Crippen LogP contribution >= 0.6 is 11.6 Å². The van der Waals surface area contributed by atoms with Gasteiger partial charge in [-0.1, -0.05) is 44.2 Å². The minimum absolute atomic E-state index is 0.268. The highest BCUT2D eigenvalue weighted by Crippen LogP contribution is 2.49. The summed E-state index contributed by atoms with van der Waals surface area (Å²) in [5.41, 5.74) is 0.895. The summed E-state index contributed by atoms with van der Waals surface area (Å²) in [6, 6.07) is 10.5. The van der Waals surface area contributed by atoms with Crippen LogP contribution in [-0.2, 0) is 10.2 Å². The van der Waals surface area contributed by atoms with Gasteiger partial charge in [0.2, 0.25) is 5.91 Å². The molecule has 0 bridgehead atoms. The van der Waals surface area contributed by atoms with Crippen molar-refractivity contribution in [3.63, 3.8) is 0 Å². The molecule has 1 aromatic rings. The van der Waals surface area contributed by atoms with Crippen LogP contribution in [0, 0.1) is 0 Å². The van der Waals surface area contributed by atoms with E-state index in [1.165, 1.54) is 0 Å². The van der Waals surface area contributed by atoms with Crippen molar-refractivity contribution in [2.45, 2.75) is 51.0 Å². The lowest BCUT2D eigenvalue weighted by Crippen LogP contribution is -2.46. The lowest BCUT2D eigenvalue weighted by atomic mass is 9.93. The molecular formula is C17H24ClNO. The Balaban J connectivity index is 2.23. The van der Waals surface area contributed by atoms with Gasteiger partial charge < -0.3 is 4.90 Å². The summed E-state index contributed by atoms with van der Waals surface area (Å²) >= 11 is 5.92. The Morgan fingerprint density at radius 2 is 1.85 bits per heavy atom. The molecule has 0 spiro atoms. The van der Waals surface area contributed by atoms with Crippen molar-refractivity contribution in [2.24, 2.45) is 0 Å². The quantitative estimate of drug-likeness (QED) is 0.697. The zero-order chi connectivity index (χ0) is 14.6. The Morgan fingerprint density at radius 3 is 2.30 bits per heavy atom. The molecule has 1 aliphatic rings. The van der Waals surface area contributed by atoms with E-state index in [-0.39, 0.29) is 11.3 Å². The second kappa shape index (κ2) is 6.62. The smallest absolute Gasteiger partial charge is 0.233 e. The minimum atomic E-state index is -0.268. The maximum atomic E-state index is 13.0. The van der Waals surface area contributed by atoms with Crippen LogP contribution in [-0.4, -0.2) is 29.3 Å².